The van der Waals surface area contributed by atoms with Crippen LogP contribution in [0.3, 0.4) is 0 Å². The van der Waals surface area contributed by atoms with Gasteiger partial charge in [-0.15, -0.1) is 0 Å². The van der Waals surface area contributed by atoms with Gasteiger partial charge in [0.1, 0.15) is 6.17 Å². The van der Waals surface area contributed by atoms with Crippen molar-refractivity contribution in [2.45, 2.75) is 108 Å². The molecule has 5 unspecified atom stereocenters. The number of rotatable bonds is 6. The van der Waals surface area contributed by atoms with Crippen LogP contribution in [0.5, 0.6) is 0 Å². The third-order valence-electron chi connectivity index (χ3n) is 10.6. The summed E-state index contributed by atoms with van der Waals surface area (Å²) in [5.74, 6) is 0.791. The van der Waals surface area contributed by atoms with Crippen LogP contribution in [0, 0.1) is 29.1 Å². The van der Waals surface area contributed by atoms with Crippen molar-refractivity contribution in [2.75, 3.05) is 32.7 Å². The van der Waals surface area contributed by atoms with Gasteiger partial charge in [-0.05, 0) is 88.0 Å². The van der Waals surface area contributed by atoms with Gasteiger partial charge >= 0.3 is 0 Å². The third-order valence-corrected chi connectivity index (χ3v) is 10.6. The Balaban J connectivity index is 1.24. The maximum atomic E-state index is 14.7. The highest BCUT2D eigenvalue weighted by molar-refractivity contribution is 5.81. The van der Waals surface area contributed by atoms with Crippen LogP contribution in [0.15, 0.2) is 0 Å². The van der Waals surface area contributed by atoms with Gasteiger partial charge in [0.15, 0.2) is 0 Å². The summed E-state index contributed by atoms with van der Waals surface area (Å²) in [6, 6.07) is -0.211. The SMILES string of the molecule is NC(N)C(C(=O)NC1CNCCC1C1CCN(C(=O)C2CC2)CC1)C1CC2(CCCCC2)CCC(F)CN1. The highest BCUT2D eigenvalue weighted by Crippen LogP contribution is 2.46. The van der Waals surface area contributed by atoms with Gasteiger partial charge in [-0.3, -0.25) is 9.59 Å². The average Bonchev–Trinajstić information content (AvgIpc) is 3.76. The maximum Gasteiger partial charge on any atom is 0.227 e. The second kappa shape index (κ2) is 12.5. The molecule has 3 saturated heterocycles. The number of hydrogen-bond acceptors (Lipinski definition) is 6. The van der Waals surface area contributed by atoms with Crippen LogP contribution in [0.1, 0.15) is 83.5 Å². The number of carbonyl (C=O) groups excluding carboxylic acids is 2. The second-order valence-corrected chi connectivity index (χ2v) is 13.2. The maximum absolute atomic E-state index is 14.7. The zero-order valence-corrected chi connectivity index (χ0v) is 23.1. The fraction of sp³-hybridized carbons (Fsp3) is 0.931. The molecule has 9 heteroatoms. The molecule has 5 rings (SSSR count). The van der Waals surface area contributed by atoms with E-state index in [-0.39, 0.29) is 35.9 Å². The number of halogens is 1. The number of alkyl halides is 1. The van der Waals surface area contributed by atoms with Crippen molar-refractivity contribution in [2.24, 2.45) is 40.6 Å². The molecule has 0 aromatic rings. The van der Waals surface area contributed by atoms with Crippen LogP contribution in [-0.2, 0) is 9.59 Å². The van der Waals surface area contributed by atoms with Crippen LogP contribution < -0.4 is 27.4 Å². The number of amides is 2. The summed E-state index contributed by atoms with van der Waals surface area (Å²) in [7, 11) is 0. The van der Waals surface area contributed by atoms with E-state index in [1.54, 1.807) is 0 Å². The molecular formula is C29H51FN6O2. The molecule has 38 heavy (non-hydrogen) atoms. The number of nitrogens with two attached hydrogens (primary N) is 2. The van der Waals surface area contributed by atoms with Gasteiger partial charge in [-0.2, -0.15) is 0 Å². The van der Waals surface area contributed by atoms with E-state index in [1.165, 1.54) is 19.3 Å². The molecule has 216 valence electrons. The minimum absolute atomic E-state index is 0.0132. The summed E-state index contributed by atoms with van der Waals surface area (Å²) in [6.45, 7) is 3.60. The van der Waals surface area contributed by atoms with Crippen molar-refractivity contribution >= 4 is 11.8 Å². The fourth-order valence-corrected chi connectivity index (χ4v) is 8.14. The van der Waals surface area contributed by atoms with Crippen molar-refractivity contribution in [3.8, 4) is 0 Å². The smallest absolute Gasteiger partial charge is 0.227 e. The molecule has 7 N–H and O–H groups in total. The average molecular weight is 535 g/mol. The molecule has 5 aliphatic rings. The molecular weight excluding hydrogens is 483 g/mol. The van der Waals surface area contributed by atoms with E-state index in [0.29, 0.717) is 24.2 Å². The Morgan fingerprint density at radius 2 is 1.68 bits per heavy atom. The molecule has 1 spiro atoms. The first-order chi connectivity index (χ1) is 18.3. The predicted octanol–water partition coefficient (Wildman–Crippen LogP) is 2.02. The van der Waals surface area contributed by atoms with E-state index in [9.17, 15) is 14.0 Å². The molecule has 2 amide bonds. The third kappa shape index (κ3) is 6.70. The van der Waals surface area contributed by atoms with E-state index < -0.39 is 18.3 Å². The molecule has 2 aliphatic carbocycles. The molecule has 3 aliphatic heterocycles. The van der Waals surface area contributed by atoms with Gasteiger partial charge in [0.25, 0.3) is 0 Å². The Morgan fingerprint density at radius 1 is 0.947 bits per heavy atom. The zero-order valence-electron chi connectivity index (χ0n) is 23.1. The molecule has 0 aromatic heterocycles. The second-order valence-electron chi connectivity index (χ2n) is 13.2. The van der Waals surface area contributed by atoms with Gasteiger partial charge in [-0.25, -0.2) is 4.39 Å². The van der Waals surface area contributed by atoms with E-state index in [1.807, 2.05) is 0 Å². The molecule has 0 radical (unpaired) electrons. The first kappa shape index (κ1) is 28.2. The minimum atomic E-state index is -0.904. The molecule has 2 saturated carbocycles. The van der Waals surface area contributed by atoms with Crippen molar-refractivity contribution in [1.82, 2.24) is 20.9 Å². The Kier molecular flexibility index (Phi) is 9.28. The molecule has 0 aromatic carbocycles. The van der Waals surface area contributed by atoms with E-state index in [2.05, 4.69) is 20.9 Å². The van der Waals surface area contributed by atoms with Crippen molar-refractivity contribution in [3.05, 3.63) is 0 Å². The lowest BCUT2D eigenvalue weighted by atomic mass is 9.65. The Labute approximate surface area is 228 Å². The predicted molar refractivity (Wildman–Crippen MR) is 147 cm³/mol. The lowest BCUT2D eigenvalue weighted by molar-refractivity contribution is -0.134. The van der Waals surface area contributed by atoms with Crippen LogP contribution in [0.25, 0.3) is 0 Å². The Hall–Kier alpha value is -1.29. The molecule has 3 heterocycles. The topological polar surface area (TPSA) is 126 Å². The van der Waals surface area contributed by atoms with E-state index >= 15 is 0 Å². The van der Waals surface area contributed by atoms with Crippen molar-refractivity contribution in [1.29, 1.82) is 0 Å². The molecule has 8 nitrogen and oxygen atoms in total. The lowest BCUT2D eigenvalue weighted by Crippen LogP contribution is -2.62. The quantitative estimate of drug-likeness (QED) is 0.332. The van der Waals surface area contributed by atoms with Gasteiger partial charge in [0, 0.05) is 44.2 Å². The minimum Gasteiger partial charge on any atom is -0.351 e. The fourth-order valence-electron chi connectivity index (χ4n) is 8.14. The van der Waals surface area contributed by atoms with Crippen LogP contribution in [0.4, 0.5) is 4.39 Å². The Bertz CT molecular complexity index is 809. The van der Waals surface area contributed by atoms with E-state index in [0.717, 1.165) is 84.0 Å². The van der Waals surface area contributed by atoms with Gasteiger partial charge in [0.05, 0.1) is 12.1 Å². The lowest BCUT2D eigenvalue weighted by Gasteiger charge is -2.45. The summed E-state index contributed by atoms with van der Waals surface area (Å²) in [5, 5.41) is 10.2. The number of carbonyl (C=O) groups is 2. The summed E-state index contributed by atoms with van der Waals surface area (Å²) < 4.78 is 14.7. The van der Waals surface area contributed by atoms with Crippen LogP contribution >= 0.6 is 0 Å². The summed E-state index contributed by atoms with van der Waals surface area (Å²) in [6.07, 6.45) is 11.5. The zero-order chi connectivity index (χ0) is 26.7. The number of hydrogen-bond donors (Lipinski definition) is 5. The monoisotopic (exact) mass is 534 g/mol. The van der Waals surface area contributed by atoms with Crippen LogP contribution in [-0.4, -0.2) is 73.9 Å². The summed E-state index contributed by atoms with van der Waals surface area (Å²) in [4.78, 5) is 28.5. The van der Waals surface area contributed by atoms with E-state index in [4.69, 9.17) is 11.5 Å². The van der Waals surface area contributed by atoms with Gasteiger partial charge < -0.3 is 32.3 Å². The highest BCUT2D eigenvalue weighted by Gasteiger charge is 2.44. The highest BCUT2D eigenvalue weighted by atomic mass is 19.1. The molecule has 5 atom stereocenters. The standard InChI is InChI=1S/C29H51FN6O2/c30-21-6-12-29(10-2-1-3-11-29)16-23(34-17-21)25(26(31)32)27(37)35-24-18-33-13-7-22(24)19-8-14-36(15-9-19)28(38)20-4-5-20/h19-26,33-34H,1-18,31-32H2,(H,35,37). The first-order valence-corrected chi connectivity index (χ1v) is 15.5. The van der Waals surface area contributed by atoms with Crippen molar-refractivity contribution in [3.63, 3.8) is 0 Å². The first-order valence-electron chi connectivity index (χ1n) is 15.5. The van der Waals surface area contributed by atoms with Crippen LogP contribution in [0.2, 0.25) is 0 Å². The summed E-state index contributed by atoms with van der Waals surface area (Å²) >= 11 is 0. The number of likely N-dealkylation sites (tertiary alicyclic amines) is 1. The Morgan fingerprint density at radius 3 is 2.37 bits per heavy atom. The number of nitrogens with zero attached hydrogens (tertiary/aromatic N) is 1. The largest absolute Gasteiger partial charge is 0.351 e. The van der Waals surface area contributed by atoms with Gasteiger partial charge in [0.2, 0.25) is 11.8 Å². The number of nitrogens with one attached hydrogen (secondary N) is 3. The summed E-state index contributed by atoms with van der Waals surface area (Å²) in [5.41, 5.74) is 12.7. The normalized spacial score (nSPS) is 33.9. The molecule has 5 fully saturated rings. The van der Waals surface area contributed by atoms with Crippen molar-refractivity contribution < 1.29 is 14.0 Å². The van der Waals surface area contributed by atoms with Gasteiger partial charge in [-0.1, -0.05) is 19.3 Å². The number of piperidine rings is 2. The molecule has 0 bridgehead atoms.